The van der Waals surface area contributed by atoms with Gasteiger partial charge in [-0.1, -0.05) is 146 Å². The lowest BCUT2D eigenvalue weighted by atomic mass is 9.76. The smallest absolute Gasteiger partial charge is 0.0215 e. The standard InChI is InChI=1S/C45H32/c1-2-12-33-29(11-1)19-20-30-27-31(21-23-34(30)33)43-37-14-3-5-16-39(37)44(40-17-6-4-15-38(40)43)32-22-24-36-35-13-7-8-18-41(35)45(42(36)28-32)25-9-10-26-45/h1-8,11-24,27-28H,9-10,25-26H2. The molecule has 10 rings (SSSR count). The zero-order valence-corrected chi connectivity index (χ0v) is 25.2. The zero-order chi connectivity index (χ0) is 29.5. The molecule has 45 heavy (non-hydrogen) atoms. The Balaban J connectivity index is 1.24. The van der Waals surface area contributed by atoms with E-state index in [2.05, 4.69) is 146 Å². The van der Waals surface area contributed by atoms with E-state index in [1.54, 1.807) is 5.56 Å². The molecule has 0 unspecified atom stereocenters. The van der Waals surface area contributed by atoms with Crippen LogP contribution >= 0.6 is 0 Å². The number of hydrogen-bond acceptors (Lipinski definition) is 0. The van der Waals surface area contributed by atoms with Crippen molar-refractivity contribution in [2.24, 2.45) is 0 Å². The molecule has 8 aromatic carbocycles. The topological polar surface area (TPSA) is 0 Å². The van der Waals surface area contributed by atoms with Crippen LogP contribution in [0.25, 0.3) is 76.5 Å². The Labute approximate surface area is 263 Å². The van der Waals surface area contributed by atoms with Crippen LogP contribution in [0.15, 0.2) is 146 Å². The molecule has 2 aliphatic rings. The average molecular weight is 573 g/mol. The Hall–Kier alpha value is -5.20. The molecule has 0 heteroatoms. The second-order valence-electron chi connectivity index (χ2n) is 13.2. The van der Waals surface area contributed by atoms with Crippen LogP contribution in [0.5, 0.6) is 0 Å². The van der Waals surface area contributed by atoms with Gasteiger partial charge in [-0.3, -0.25) is 0 Å². The van der Waals surface area contributed by atoms with Crippen LogP contribution in [0.1, 0.15) is 36.8 Å². The summed E-state index contributed by atoms with van der Waals surface area (Å²) in [6.45, 7) is 0. The van der Waals surface area contributed by atoms with E-state index in [-0.39, 0.29) is 5.41 Å². The molecule has 0 N–H and O–H groups in total. The zero-order valence-electron chi connectivity index (χ0n) is 25.2. The van der Waals surface area contributed by atoms with E-state index in [1.807, 2.05) is 0 Å². The number of rotatable bonds is 2. The molecule has 0 atom stereocenters. The highest BCUT2D eigenvalue weighted by Crippen LogP contribution is 2.57. The molecular weight excluding hydrogens is 540 g/mol. The minimum absolute atomic E-state index is 0.156. The predicted molar refractivity (Wildman–Crippen MR) is 192 cm³/mol. The molecule has 8 aromatic rings. The quantitative estimate of drug-likeness (QED) is 0.143. The highest BCUT2D eigenvalue weighted by molar-refractivity contribution is 6.22. The van der Waals surface area contributed by atoms with Crippen LogP contribution in [0.4, 0.5) is 0 Å². The van der Waals surface area contributed by atoms with Gasteiger partial charge in [-0.05, 0) is 113 Å². The largest absolute Gasteiger partial charge is 0.0619 e. The van der Waals surface area contributed by atoms with Gasteiger partial charge in [0.25, 0.3) is 0 Å². The van der Waals surface area contributed by atoms with E-state index >= 15 is 0 Å². The van der Waals surface area contributed by atoms with Crippen molar-refractivity contribution in [2.75, 3.05) is 0 Å². The fourth-order valence-corrected chi connectivity index (χ4v) is 9.05. The summed E-state index contributed by atoms with van der Waals surface area (Å²) in [5, 5.41) is 10.4. The van der Waals surface area contributed by atoms with Crippen LogP contribution in [0.2, 0.25) is 0 Å². The molecule has 0 nitrogen and oxygen atoms in total. The Kier molecular flexibility index (Phi) is 5.26. The number of hydrogen-bond donors (Lipinski definition) is 0. The third-order valence-corrected chi connectivity index (χ3v) is 11.0. The summed E-state index contributed by atoms with van der Waals surface area (Å²) in [5.41, 5.74) is 11.4. The normalized spacial score (nSPS) is 14.9. The van der Waals surface area contributed by atoms with Gasteiger partial charge in [-0.2, -0.15) is 0 Å². The molecule has 1 fully saturated rings. The molecule has 0 radical (unpaired) electrons. The lowest BCUT2D eigenvalue weighted by molar-refractivity contribution is 0.550. The third-order valence-electron chi connectivity index (χ3n) is 11.0. The maximum absolute atomic E-state index is 2.57. The molecular formula is C45H32. The molecule has 0 aromatic heterocycles. The fraction of sp³-hybridized carbons (Fsp3) is 0.111. The Bertz CT molecular complexity index is 2430. The highest BCUT2D eigenvalue weighted by atomic mass is 14.5. The van der Waals surface area contributed by atoms with Crippen LogP contribution in [-0.2, 0) is 5.41 Å². The molecule has 1 spiro atoms. The molecule has 0 bridgehead atoms. The van der Waals surface area contributed by atoms with Crippen LogP contribution in [0.3, 0.4) is 0 Å². The Morgan fingerprint density at radius 1 is 0.356 bits per heavy atom. The monoisotopic (exact) mass is 572 g/mol. The molecule has 0 saturated heterocycles. The number of fused-ring (bicyclic) bond motifs is 10. The Morgan fingerprint density at radius 3 is 1.58 bits per heavy atom. The highest BCUT2D eigenvalue weighted by Gasteiger charge is 2.44. The maximum atomic E-state index is 2.57. The molecule has 212 valence electrons. The van der Waals surface area contributed by atoms with Crippen molar-refractivity contribution in [2.45, 2.75) is 31.1 Å². The first-order chi connectivity index (χ1) is 22.3. The van der Waals surface area contributed by atoms with E-state index in [0.29, 0.717) is 0 Å². The van der Waals surface area contributed by atoms with Crippen molar-refractivity contribution < 1.29 is 0 Å². The van der Waals surface area contributed by atoms with E-state index in [9.17, 15) is 0 Å². The SMILES string of the molecule is c1ccc2c(c1)-c1ccc(-c3c4ccccc4c(-c4ccc5c(ccc6ccccc65)c4)c4ccccc34)cc1C21CCCC1. The van der Waals surface area contributed by atoms with Gasteiger partial charge in [-0.15, -0.1) is 0 Å². The fourth-order valence-electron chi connectivity index (χ4n) is 9.05. The second-order valence-corrected chi connectivity index (χ2v) is 13.2. The van der Waals surface area contributed by atoms with Crippen molar-refractivity contribution in [3.8, 4) is 33.4 Å². The summed E-state index contributed by atoms with van der Waals surface area (Å²) in [6.07, 6.45) is 5.11. The number of benzene rings is 8. The average Bonchev–Trinajstić information content (AvgIpc) is 3.71. The molecule has 0 heterocycles. The van der Waals surface area contributed by atoms with Gasteiger partial charge in [0.1, 0.15) is 0 Å². The summed E-state index contributed by atoms with van der Waals surface area (Å²) < 4.78 is 0. The minimum Gasteiger partial charge on any atom is -0.0619 e. The van der Waals surface area contributed by atoms with Crippen LogP contribution in [0, 0.1) is 0 Å². The summed E-state index contributed by atoms with van der Waals surface area (Å²) in [5.74, 6) is 0. The van der Waals surface area contributed by atoms with E-state index in [1.165, 1.54) is 108 Å². The van der Waals surface area contributed by atoms with Crippen LogP contribution in [-0.4, -0.2) is 0 Å². The van der Waals surface area contributed by atoms with Crippen molar-refractivity contribution in [3.63, 3.8) is 0 Å². The van der Waals surface area contributed by atoms with Crippen molar-refractivity contribution >= 4 is 43.1 Å². The Morgan fingerprint density at radius 2 is 0.867 bits per heavy atom. The van der Waals surface area contributed by atoms with Crippen LogP contribution < -0.4 is 0 Å². The van der Waals surface area contributed by atoms with E-state index in [4.69, 9.17) is 0 Å². The van der Waals surface area contributed by atoms with Gasteiger partial charge in [0.15, 0.2) is 0 Å². The molecule has 0 amide bonds. The van der Waals surface area contributed by atoms with Gasteiger partial charge < -0.3 is 0 Å². The first kappa shape index (κ1) is 25.2. The first-order valence-electron chi connectivity index (χ1n) is 16.4. The molecule has 2 aliphatic carbocycles. The van der Waals surface area contributed by atoms with Gasteiger partial charge in [0.2, 0.25) is 0 Å². The lowest BCUT2D eigenvalue weighted by Gasteiger charge is -2.27. The van der Waals surface area contributed by atoms with Gasteiger partial charge in [-0.25, -0.2) is 0 Å². The van der Waals surface area contributed by atoms with Crippen molar-refractivity contribution in [1.29, 1.82) is 0 Å². The third kappa shape index (κ3) is 3.48. The van der Waals surface area contributed by atoms with Gasteiger partial charge in [0.05, 0.1) is 0 Å². The van der Waals surface area contributed by atoms with Crippen molar-refractivity contribution in [3.05, 3.63) is 157 Å². The summed E-state index contributed by atoms with van der Waals surface area (Å²) in [7, 11) is 0. The van der Waals surface area contributed by atoms with Gasteiger partial charge in [0, 0.05) is 5.41 Å². The van der Waals surface area contributed by atoms with Crippen molar-refractivity contribution in [1.82, 2.24) is 0 Å². The van der Waals surface area contributed by atoms with E-state index in [0.717, 1.165) is 0 Å². The maximum Gasteiger partial charge on any atom is 0.0215 e. The summed E-state index contributed by atoms with van der Waals surface area (Å²) in [6, 6.07) is 55.0. The summed E-state index contributed by atoms with van der Waals surface area (Å²) in [4.78, 5) is 0. The molecule has 0 aliphatic heterocycles. The summed E-state index contributed by atoms with van der Waals surface area (Å²) >= 11 is 0. The minimum atomic E-state index is 0.156. The lowest BCUT2D eigenvalue weighted by Crippen LogP contribution is -2.20. The van der Waals surface area contributed by atoms with E-state index < -0.39 is 0 Å². The predicted octanol–water partition coefficient (Wildman–Crippen LogP) is 12.5. The van der Waals surface area contributed by atoms with Gasteiger partial charge >= 0.3 is 0 Å². The second kappa shape index (κ2) is 9.40. The first-order valence-corrected chi connectivity index (χ1v) is 16.4. The molecule has 1 saturated carbocycles.